The van der Waals surface area contributed by atoms with Crippen LogP contribution in [-0.2, 0) is 4.79 Å². The zero-order valence-corrected chi connectivity index (χ0v) is 16.1. The topological polar surface area (TPSA) is 87.0 Å². The van der Waals surface area contributed by atoms with E-state index in [1.807, 2.05) is 18.3 Å². The Morgan fingerprint density at radius 2 is 2.15 bits per heavy atom. The lowest BCUT2D eigenvalue weighted by Crippen LogP contribution is -2.25. The number of amides is 1. The van der Waals surface area contributed by atoms with Crippen LogP contribution in [0.25, 0.3) is 0 Å². The number of carbonyl (C=O) groups is 1. The lowest BCUT2D eigenvalue weighted by Gasteiger charge is -2.25. The highest BCUT2D eigenvalue weighted by Gasteiger charge is 2.14. The summed E-state index contributed by atoms with van der Waals surface area (Å²) in [6.07, 6.45) is 12.8. The highest BCUT2D eigenvalue weighted by molar-refractivity contribution is 5.74. The molecule has 7 nitrogen and oxygen atoms in total. The van der Waals surface area contributed by atoms with Crippen molar-refractivity contribution in [1.29, 1.82) is 0 Å². The number of carbonyl (C=O) groups excluding carboxylic acids is 1. The molecule has 0 bridgehead atoms. The van der Waals surface area contributed by atoms with E-state index >= 15 is 0 Å². The maximum atomic E-state index is 11.0. The van der Waals surface area contributed by atoms with E-state index in [4.69, 9.17) is 9.94 Å². The van der Waals surface area contributed by atoms with Crippen molar-refractivity contribution in [2.75, 3.05) is 18.1 Å². The lowest BCUT2D eigenvalue weighted by molar-refractivity contribution is -0.129. The van der Waals surface area contributed by atoms with E-state index in [-0.39, 0.29) is 5.91 Å². The van der Waals surface area contributed by atoms with Gasteiger partial charge in [0.25, 0.3) is 0 Å². The predicted octanol–water partition coefficient (Wildman–Crippen LogP) is 3.84. The summed E-state index contributed by atoms with van der Waals surface area (Å²) >= 11 is 0. The summed E-state index contributed by atoms with van der Waals surface area (Å²) in [7, 11) is 0. The fourth-order valence-electron chi connectivity index (χ4n) is 2.85. The smallest absolute Gasteiger partial charge is 0.243 e. The van der Waals surface area contributed by atoms with Crippen molar-refractivity contribution >= 4 is 17.9 Å². The highest BCUT2D eigenvalue weighted by Crippen LogP contribution is 2.24. The summed E-state index contributed by atoms with van der Waals surface area (Å²) in [5.74, 6) is 2.27. The quantitative estimate of drug-likeness (QED) is 0.330. The van der Waals surface area contributed by atoms with Crippen LogP contribution in [0.4, 0.5) is 5.82 Å². The Labute approximate surface area is 161 Å². The predicted molar refractivity (Wildman–Crippen MR) is 106 cm³/mol. The van der Waals surface area contributed by atoms with Gasteiger partial charge in [0.1, 0.15) is 17.4 Å². The molecule has 0 atom stereocenters. The number of pyridine rings is 1. The molecule has 1 aliphatic heterocycles. The molecule has 1 amide bonds. The van der Waals surface area contributed by atoms with Crippen LogP contribution in [-0.4, -0.2) is 35.5 Å². The summed E-state index contributed by atoms with van der Waals surface area (Å²) in [4.78, 5) is 22.2. The van der Waals surface area contributed by atoms with Crippen molar-refractivity contribution in [3.8, 4) is 5.75 Å². The van der Waals surface area contributed by atoms with Gasteiger partial charge >= 0.3 is 0 Å². The summed E-state index contributed by atoms with van der Waals surface area (Å²) < 4.78 is 5.74. The molecule has 0 aliphatic carbocycles. The van der Waals surface area contributed by atoms with Crippen LogP contribution in [0.5, 0.6) is 5.75 Å². The van der Waals surface area contributed by atoms with Crippen molar-refractivity contribution in [2.45, 2.75) is 58.3 Å². The lowest BCUT2D eigenvalue weighted by atomic mass is 10.1. The van der Waals surface area contributed by atoms with Crippen molar-refractivity contribution in [3.05, 3.63) is 30.2 Å². The van der Waals surface area contributed by atoms with Crippen molar-refractivity contribution in [3.63, 3.8) is 0 Å². The standard InChI is InChI=1S/C20H30N4O3/c1-2-15-27-17-11-13-22-19(16-17)24(18-9-6-7-12-21-18)14-8-4-3-5-10-20(25)23-26/h9,11-13,16,26H,2-8,10,14-15H2,1H3,(H,23,25). The van der Waals surface area contributed by atoms with E-state index in [0.717, 1.165) is 68.9 Å². The number of aliphatic imine (C=N–C) groups is 1. The summed E-state index contributed by atoms with van der Waals surface area (Å²) in [5.41, 5.74) is 1.67. The average Bonchev–Trinajstić information content (AvgIpc) is 2.72. The van der Waals surface area contributed by atoms with Crippen LogP contribution in [0.15, 0.2) is 35.2 Å². The molecular formula is C20H30N4O3. The van der Waals surface area contributed by atoms with Gasteiger partial charge in [-0.2, -0.15) is 0 Å². The number of unbranched alkanes of at least 4 members (excludes halogenated alkanes) is 3. The SMILES string of the molecule is CCCOc1ccnc(N(CCCCCCC(=O)NO)C2=CCCC=N2)c1. The second-order valence-corrected chi connectivity index (χ2v) is 6.50. The van der Waals surface area contributed by atoms with Gasteiger partial charge in [0.05, 0.1) is 6.61 Å². The van der Waals surface area contributed by atoms with Crippen LogP contribution in [0.2, 0.25) is 0 Å². The Kier molecular flexibility index (Phi) is 9.34. The fraction of sp³-hybridized carbons (Fsp3) is 0.550. The first-order valence-electron chi connectivity index (χ1n) is 9.76. The maximum Gasteiger partial charge on any atom is 0.243 e. The van der Waals surface area contributed by atoms with Gasteiger partial charge in [-0.1, -0.05) is 19.8 Å². The Hall–Kier alpha value is -2.41. The molecule has 0 radical (unpaired) electrons. The van der Waals surface area contributed by atoms with Gasteiger partial charge < -0.3 is 9.64 Å². The molecule has 1 aromatic rings. The molecule has 1 aliphatic rings. The number of nitrogens with one attached hydrogen (secondary N) is 1. The average molecular weight is 374 g/mol. The fourth-order valence-corrected chi connectivity index (χ4v) is 2.85. The number of hydroxylamine groups is 1. The van der Waals surface area contributed by atoms with E-state index in [1.165, 1.54) is 0 Å². The number of anilines is 1. The Morgan fingerprint density at radius 1 is 1.30 bits per heavy atom. The molecule has 2 heterocycles. The molecule has 0 fully saturated rings. The summed E-state index contributed by atoms with van der Waals surface area (Å²) in [6, 6.07) is 3.84. The number of ether oxygens (including phenoxy) is 1. The van der Waals surface area contributed by atoms with Gasteiger partial charge in [-0.3, -0.25) is 10.0 Å². The Balaban J connectivity index is 1.95. The van der Waals surface area contributed by atoms with E-state index in [9.17, 15) is 4.79 Å². The molecule has 1 aromatic heterocycles. The molecule has 27 heavy (non-hydrogen) atoms. The maximum absolute atomic E-state index is 11.0. The molecule has 0 spiro atoms. The van der Waals surface area contributed by atoms with Gasteiger partial charge in [-0.05, 0) is 44.2 Å². The van der Waals surface area contributed by atoms with Gasteiger partial charge in [0.2, 0.25) is 5.91 Å². The van der Waals surface area contributed by atoms with Gasteiger partial charge in [-0.25, -0.2) is 15.5 Å². The number of aromatic nitrogens is 1. The Bertz CT molecular complexity index is 646. The highest BCUT2D eigenvalue weighted by atomic mass is 16.5. The first-order valence-corrected chi connectivity index (χ1v) is 9.76. The molecule has 0 saturated heterocycles. The van der Waals surface area contributed by atoms with Crippen LogP contribution in [0.3, 0.4) is 0 Å². The van der Waals surface area contributed by atoms with E-state index in [1.54, 1.807) is 11.7 Å². The van der Waals surface area contributed by atoms with Crippen LogP contribution in [0.1, 0.15) is 58.3 Å². The van der Waals surface area contributed by atoms with E-state index in [2.05, 4.69) is 27.9 Å². The molecular weight excluding hydrogens is 344 g/mol. The molecule has 7 heteroatoms. The van der Waals surface area contributed by atoms with E-state index < -0.39 is 0 Å². The van der Waals surface area contributed by atoms with Crippen LogP contribution >= 0.6 is 0 Å². The van der Waals surface area contributed by atoms with Crippen molar-refractivity contribution in [1.82, 2.24) is 10.5 Å². The third kappa shape index (κ3) is 7.38. The van der Waals surface area contributed by atoms with Crippen LogP contribution in [0, 0.1) is 0 Å². The second-order valence-electron chi connectivity index (χ2n) is 6.50. The van der Waals surface area contributed by atoms with Crippen LogP contribution < -0.4 is 15.1 Å². The zero-order chi connectivity index (χ0) is 19.3. The molecule has 148 valence electrons. The Morgan fingerprint density at radius 3 is 2.89 bits per heavy atom. The molecule has 2 N–H and O–H groups in total. The van der Waals surface area contributed by atoms with Crippen molar-refractivity contribution < 1.29 is 14.7 Å². The van der Waals surface area contributed by atoms with E-state index in [0.29, 0.717) is 13.0 Å². The molecule has 0 saturated carbocycles. The largest absolute Gasteiger partial charge is 0.493 e. The first kappa shape index (κ1) is 20.9. The zero-order valence-electron chi connectivity index (χ0n) is 16.1. The monoisotopic (exact) mass is 374 g/mol. The molecule has 0 aromatic carbocycles. The third-order valence-corrected chi connectivity index (χ3v) is 4.25. The first-order chi connectivity index (χ1) is 13.2. The molecule has 2 rings (SSSR count). The minimum Gasteiger partial charge on any atom is -0.493 e. The normalized spacial score (nSPS) is 13.2. The minimum atomic E-state index is -0.327. The molecule has 0 unspecified atom stereocenters. The summed E-state index contributed by atoms with van der Waals surface area (Å²) in [6.45, 7) is 3.57. The number of nitrogens with zero attached hydrogens (tertiary/aromatic N) is 3. The summed E-state index contributed by atoms with van der Waals surface area (Å²) in [5, 5.41) is 8.51. The third-order valence-electron chi connectivity index (χ3n) is 4.25. The van der Waals surface area contributed by atoms with Gasteiger partial charge in [0.15, 0.2) is 0 Å². The van der Waals surface area contributed by atoms with Crippen molar-refractivity contribution in [2.24, 2.45) is 4.99 Å². The number of hydrogen-bond acceptors (Lipinski definition) is 6. The van der Waals surface area contributed by atoms with Gasteiger partial charge in [0, 0.05) is 31.4 Å². The number of hydrogen-bond donors (Lipinski definition) is 2. The second kappa shape index (κ2) is 12.1. The van der Waals surface area contributed by atoms with Gasteiger partial charge in [-0.15, -0.1) is 0 Å². The number of rotatable bonds is 12. The minimum absolute atomic E-state index is 0.327. The number of allylic oxidation sites excluding steroid dienone is 1.